The number of piperidine rings is 1. The van der Waals surface area contributed by atoms with Gasteiger partial charge < -0.3 is 15.5 Å². The van der Waals surface area contributed by atoms with Crippen molar-refractivity contribution in [3.8, 4) is 22.5 Å². The maximum absolute atomic E-state index is 6.16. The van der Waals surface area contributed by atoms with E-state index in [2.05, 4.69) is 49.5 Å². The Bertz CT molecular complexity index is 1280. The van der Waals surface area contributed by atoms with Crippen LogP contribution in [0, 0.1) is 0 Å². The number of nitrogen functional groups attached to an aromatic ring is 1. The summed E-state index contributed by atoms with van der Waals surface area (Å²) in [6, 6.07) is 8.73. The minimum Gasteiger partial charge on any atom is -0.452 e. The number of hydrogen-bond acceptors (Lipinski definition) is 6. The third kappa shape index (κ3) is 2.81. The zero-order valence-electron chi connectivity index (χ0n) is 16.5. The number of nitrogens with two attached hydrogens (primary N) is 1. The highest BCUT2D eigenvalue weighted by molar-refractivity contribution is 6.00. The van der Waals surface area contributed by atoms with Gasteiger partial charge >= 0.3 is 0 Å². The third-order valence-electron chi connectivity index (χ3n) is 6.09. The van der Waals surface area contributed by atoms with Gasteiger partial charge in [0.2, 0.25) is 0 Å². The van der Waals surface area contributed by atoms with Crippen LogP contribution in [-0.4, -0.2) is 34.1 Å². The Morgan fingerprint density at radius 2 is 2.00 bits per heavy atom. The lowest BCUT2D eigenvalue weighted by Crippen LogP contribution is -2.29. The number of hydrogen-bond donors (Lipinski definition) is 2. The lowest BCUT2D eigenvalue weighted by Gasteiger charge is -2.22. The summed E-state index contributed by atoms with van der Waals surface area (Å²) in [5.74, 6) is 1.16. The molecule has 7 heteroatoms. The lowest BCUT2D eigenvalue weighted by atomic mass is 10.0. The summed E-state index contributed by atoms with van der Waals surface area (Å²) in [5, 5.41) is 8.98. The first-order valence-electron chi connectivity index (χ1n) is 10.4. The van der Waals surface area contributed by atoms with E-state index < -0.39 is 0 Å². The number of aromatic nitrogens is 3. The van der Waals surface area contributed by atoms with Gasteiger partial charge in [0, 0.05) is 47.1 Å². The van der Waals surface area contributed by atoms with Gasteiger partial charge in [0.25, 0.3) is 0 Å². The summed E-state index contributed by atoms with van der Waals surface area (Å²) in [6.45, 7) is 2.06. The molecule has 0 atom stereocenters. The van der Waals surface area contributed by atoms with Crippen LogP contribution < -0.4 is 11.1 Å². The van der Waals surface area contributed by atoms with E-state index in [1.165, 1.54) is 5.56 Å². The quantitative estimate of drug-likeness (QED) is 0.541. The number of nitrogens with zero attached hydrogens (tertiary/aromatic N) is 4. The van der Waals surface area contributed by atoms with Crippen molar-refractivity contribution in [1.29, 1.82) is 0 Å². The van der Waals surface area contributed by atoms with E-state index >= 15 is 0 Å². The van der Waals surface area contributed by atoms with Crippen LogP contribution >= 0.6 is 0 Å². The summed E-state index contributed by atoms with van der Waals surface area (Å²) in [7, 11) is 0. The Balaban J connectivity index is 1.42. The Hall–Kier alpha value is -3.45. The van der Waals surface area contributed by atoms with Gasteiger partial charge in [0.05, 0.1) is 17.9 Å². The van der Waals surface area contributed by atoms with Crippen molar-refractivity contribution in [3.05, 3.63) is 48.4 Å². The Kier molecular flexibility index (Phi) is 3.95. The van der Waals surface area contributed by atoms with E-state index in [1.807, 2.05) is 24.7 Å². The van der Waals surface area contributed by atoms with Crippen LogP contribution in [0.4, 0.5) is 11.5 Å². The van der Waals surface area contributed by atoms with Gasteiger partial charge in [-0.1, -0.05) is 12.1 Å². The van der Waals surface area contributed by atoms with Crippen LogP contribution in [0.3, 0.4) is 0 Å². The minimum atomic E-state index is 0.393. The maximum Gasteiger partial charge on any atom is 0.177 e. The fourth-order valence-corrected chi connectivity index (χ4v) is 4.42. The van der Waals surface area contributed by atoms with Gasteiger partial charge in [0.15, 0.2) is 11.4 Å². The normalized spacial score (nSPS) is 16.4. The van der Waals surface area contributed by atoms with Crippen LogP contribution in [0.2, 0.25) is 0 Å². The fourth-order valence-electron chi connectivity index (χ4n) is 4.42. The zero-order chi connectivity index (χ0) is 20.1. The van der Waals surface area contributed by atoms with E-state index in [0.29, 0.717) is 17.4 Å². The first-order chi connectivity index (χ1) is 14.8. The largest absolute Gasteiger partial charge is 0.452 e. The SMILES string of the molecule is Nc1ncc(-c2cnn(C3CCNCC3)c2)c2cc(-c3ccc4c(c3)N=CC4)oc12. The van der Waals surface area contributed by atoms with Crippen LogP contribution in [-0.2, 0) is 6.42 Å². The van der Waals surface area contributed by atoms with Crippen molar-refractivity contribution in [2.75, 3.05) is 18.8 Å². The van der Waals surface area contributed by atoms with Gasteiger partial charge in [0.1, 0.15) is 5.76 Å². The number of anilines is 1. The van der Waals surface area contributed by atoms with E-state index in [4.69, 9.17) is 10.2 Å². The highest BCUT2D eigenvalue weighted by atomic mass is 16.3. The van der Waals surface area contributed by atoms with Crippen LogP contribution in [0.5, 0.6) is 0 Å². The molecule has 0 unspecified atom stereocenters. The molecular weight excluding hydrogens is 376 g/mol. The smallest absolute Gasteiger partial charge is 0.177 e. The minimum absolute atomic E-state index is 0.393. The van der Waals surface area contributed by atoms with Gasteiger partial charge in [-0.05, 0) is 43.6 Å². The molecule has 0 radical (unpaired) electrons. The summed E-state index contributed by atoms with van der Waals surface area (Å²) in [4.78, 5) is 8.83. The van der Waals surface area contributed by atoms with E-state index in [1.54, 1.807) is 0 Å². The van der Waals surface area contributed by atoms with Gasteiger partial charge in [-0.2, -0.15) is 5.10 Å². The lowest BCUT2D eigenvalue weighted by molar-refractivity contribution is 0.343. The number of rotatable bonds is 3. The zero-order valence-corrected chi connectivity index (χ0v) is 16.5. The maximum atomic E-state index is 6.16. The summed E-state index contributed by atoms with van der Waals surface area (Å²) in [6.07, 6.45) is 10.8. The second-order valence-electron chi connectivity index (χ2n) is 7.96. The standard InChI is InChI=1S/C23H22N6O/c24-23-22-18(10-21(30-22)15-2-1-14-3-8-26-20(14)9-15)19(12-27-23)16-11-28-29(13-16)17-4-6-25-7-5-17/h1-2,8-13,17,25H,3-7H2,(H2,24,27). The second kappa shape index (κ2) is 6.81. The second-order valence-corrected chi connectivity index (χ2v) is 7.96. The molecule has 1 aromatic carbocycles. The van der Waals surface area contributed by atoms with Crippen molar-refractivity contribution in [3.63, 3.8) is 0 Å². The van der Waals surface area contributed by atoms with Gasteiger partial charge in [-0.3, -0.25) is 9.67 Å². The van der Waals surface area contributed by atoms with Crippen molar-refractivity contribution in [2.45, 2.75) is 25.3 Å². The summed E-state index contributed by atoms with van der Waals surface area (Å²) >= 11 is 0. The number of aliphatic imine (C=N–C) groups is 1. The number of furan rings is 1. The molecule has 4 aromatic rings. The van der Waals surface area contributed by atoms with Gasteiger partial charge in [-0.15, -0.1) is 0 Å². The third-order valence-corrected chi connectivity index (χ3v) is 6.09. The molecule has 0 amide bonds. The predicted molar refractivity (Wildman–Crippen MR) is 118 cm³/mol. The Labute approximate surface area is 173 Å². The average Bonchev–Trinajstić information content (AvgIpc) is 3.53. The van der Waals surface area contributed by atoms with Crippen LogP contribution in [0.15, 0.2) is 52.3 Å². The molecule has 0 saturated carbocycles. The highest BCUT2D eigenvalue weighted by Crippen LogP contribution is 2.38. The van der Waals surface area contributed by atoms with E-state index in [-0.39, 0.29) is 0 Å². The first-order valence-corrected chi connectivity index (χ1v) is 10.4. The molecule has 0 spiro atoms. The molecule has 30 heavy (non-hydrogen) atoms. The Morgan fingerprint density at radius 3 is 2.90 bits per heavy atom. The average molecular weight is 398 g/mol. The number of nitrogens with one attached hydrogen (secondary N) is 1. The molecule has 150 valence electrons. The first kappa shape index (κ1) is 17.4. The number of benzene rings is 1. The van der Waals surface area contributed by atoms with Crippen molar-refractivity contribution < 1.29 is 4.42 Å². The van der Waals surface area contributed by atoms with Gasteiger partial charge in [-0.25, -0.2) is 4.98 Å². The highest BCUT2D eigenvalue weighted by Gasteiger charge is 2.19. The molecule has 1 saturated heterocycles. The molecule has 7 nitrogen and oxygen atoms in total. The molecule has 5 heterocycles. The predicted octanol–water partition coefficient (Wildman–Crippen LogP) is 4.12. The molecule has 3 N–H and O–H groups in total. The molecule has 6 rings (SSSR count). The van der Waals surface area contributed by atoms with E-state index in [9.17, 15) is 0 Å². The van der Waals surface area contributed by atoms with Crippen LogP contribution in [0.1, 0.15) is 24.4 Å². The molecule has 0 bridgehead atoms. The van der Waals surface area contributed by atoms with Crippen molar-refractivity contribution >= 4 is 28.7 Å². The summed E-state index contributed by atoms with van der Waals surface area (Å²) < 4.78 is 8.24. The fraction of sp³-hybridized carbons (Fsp3) is 0.261. The number of fused-ring (bicyclic) bond motifs is 2. The molecule has 2 aliphatic rings. The molecular formula is C23H22N6O. The van der Waals surface area contributed by atoms with Crippen LogP contribution in [0.25, 0.3) is 33.4 Å². The van der Waals surface area contributed by atoms with Crippen molar-refractivity contribution in [1.82, 2.24) is 20.1 Å². The van der Waals surface area contributed by atoms with E-state index in [0.717, 1.165) is 65.9 Å². The molecule has 3 aromatic heterocycles. The molecule has 2 aliphatic heterocycles. The molecule has 0 aliphatic carbocycles. The monoisotopic (exact) mass is 398 g/mol. The summed E-state index contributed by atoms with van der Waals surface area (Å²) in [5.41, 5.74) is 12.0. The van der Waals surface area contributed by atoms with Crippen molar-refractivity contribution in [2.24, 2.45) is 4.99 Å². The molecule has 1 fully saturated rings. The Morgan fingerprint density at radius 1 is 1.10 bits per heavy atom. The topological polar surface area (TPSA) is 94.3 Å². The number of pyridine rings is 1.